The molecule has 106 valence electrons. The second-order valence-electron chi connectivity index (χ2n) is 3.85. The summed E-state index contributed by atoms with van der Waals surface area (Å²) in [6.07, 6.45) is 0. The van der Waals surface area contributed by atoms with Crippen molar-refractivity contribution in [1.82, 2.24) is 15.0 Å². The predicted molar refractivity (Wildman–Crippen MR) is 78.1 cm³/mol. The summed E-state index contributed by atoms with van der Waals surface area (Å²) >= 11 is 8.93. The highest BCUT2D eigenvalue weighted by Gasteiger charge is 2.09. The zero-order chi connectivity index (χ0) is 14.7. The molecule has 0 saturated heterocycles. The maximum Gasteiger partial charge on any atom is 0.322 e. The average molecular weight is 362 g/mol. The molecule has 5 nitrogen and oxygen atoms in total. The Morgan fingerprint density at radius 3 is 2.80 bits per heavy atom. The van der Waals surface area contributed by atoms with Gasteiger partial charge in [0, 0.05) is 5.69 Å². The molecule has 0 radical (unpaired) electrons. The quantitative estimate of drug-likeness (QED) is 0.895. The Balaban J connectivity index is 2.32. The molecule has 2 rings (SSSR count). The second kappa shape index (κ2) is 6.32. The molecule has 1 N–H and O–H groups in total. The monoisotopic (exact) mass is 360 g/mol. The zero-order valence-electron chi connectivity index (χ0n) is 10.7. The summed E-state index contributed by atoms with van der Waals surface area (Å²) in [7, 11) is 0. The molecule has 0 atom stereocenters. The third-order valence-electron chi connectivity index (χ3n) is 2.37. The van der Waals surface area contributed by atoms with Crippen molar-refractivity contribution >= 4 is 39.2 Å². The van der Waals surface area contributed by atoms with Crippen molar-refractivity contribution in [3.8, 4) is 6.01 Å². The summed E-state index contributed by atoms with van der Waals surface area (Å²) in [5, 5.41) is 2.97. The van der Waals surface area contributed by atoms with Crippen LogP contribution in [0.4, 0.5) is 16.0 Å². The van der Waals surface area contributed by atoms with Crippen molar-refractivity contribution in [3.05, 3.63) is 33.3 Å². The molecule has 0 unspecified atom stereocenters. The van der Waals surface area contributed by atoms with E-state index in [-0.39, 0.29) is 23.1 Å². The minimum atomic E-state index is -0.336. The van der Waals surface area contributed by atoms with Gasteiger partial charge in [-0.1, -0.05) is 0 Å². The molecule has 0 bridgehead atoms. The Kier molecular flexibility index (Phi) is 4.72. The van der Waals surface area contributed by atoms with Gasteiger partial charge in [0.2, 0.25) is 11.2 Å². The summed E-state index contributed by atoms with van der Waals surface area (Å²) < 4.78 is 18.9. The van der Waals surface area contributed by atoms with E-state index in [1.54, 1.807) is 13.0 Å². The normalized spacial score (nSPS) is 10.4. The molecule has 2 aromatic rings. The summed E-state index contributed by atoms with van der Waals surface area (Å²) in [6.45, 7) is 4.00. The van der Waals surface area contributed by atoms with Gasteiger partial charge in [0.1, 0.15) is 5.82 Å². The van der Waals surface area contributed by atoms with Gasteiger partial charge in [0.25, 0.3) is 0 Å². The van der Waals surface area contributed by atoms with Crippen LogP contribution < -0.4 is 10.1 Å². The van der Waals surface area contributed by atoms with Gasteiger partial charge in [-0.2, -0.15) is 15.0 Å². The Hall–Kier alpha value is -1.47. The molecular formula is C12H11BrClFN4O. The molecule has 0 aliphatic carbocycles. The topological polar surface area (TPSA) is 59.9 Å². The fourth-order valence-electron chi connectivity index (χ4n) is 1.48. The molecule has 1 aromatic heterocycles. The van der Waals surface area contributed by atoms with Crippen molar-refractivity contribution < 1.29 is 9.13 Å². The van der Waals surface area contributed by atoms with Gasteiger partial charge in [0.15, 0.2) is 0 Å². The van der Waals surface area contributed by atoms with Crippen LogP contribution in [0.3, 0.4) is 0 Å². The van der Waals surface area contributed by atoms with E-state index in [9.17, 15) is 4.39 Å². The third-order valence-corrected chi connectivity index (χ3v) is 3.15. The Morgan fingerprint density at radius 2 is 2.10 bits per heavy atom. The number of hydrogen-bond donors (Lipinski definition) is 1. The lowest BCUT2D eigenvalue weighted by molar-refractivity contribution is 0.312. The molecule has 0 amide bonds. The first-order valence-corrected chi connectivity index (χ1v) is 6.93. The number of hydrogen-bond acceptors (Lipinski definition) is 5. The predicted octanol–water partition coefficient (Wildman–Crippen LogP) is 3.88. The van der Waals surface area contributed by atoms with Crippen LogP contribution in [-0.4, -0.2) is 21.6 Å². The maximum absolute atomic E-state index is 13.4. The highest BCUT2D eigenvalue weighted by atomic mass is 79.9. The highest BCUT2D eigenvalue weighted by molar-refractivity contribution is 9.10. The van der Waals surface area contributed by atoms with Gasteiger partial charge >= 0.3 is 6.01 Å². The summed E-state index contributed by atoms with van der Waals surface area (Å²) in [4.78, 5) is 11.8. The van der Waals surface area contributed by atoms with E-state index in [2.05, 4.69) is 36.2 Å². The number of ether oxygens (including phenoxy) is 1. The zero-order valence-corrected chi connectivity index (χ0v) is 13.1. The molecule has 0 aliphatic rings. The second-order valence-corrected chi connectivity index (χ2v) is 5.04. The van der Waals surface area contributed by atoms with E-state index in [0.29, 0.717) is 22.3 Å². The number of benzene rings is 1. The fraction of sp³-hybridized carbons (Fsp3) is 0.250. The van der Waals surface area contributed by atoms with E-state index in [0.717, 1.165) is 0 Å². The summed E-state index contributed by atoms with van der Waals surface area (Å²) in [5.41, 5.74) is 1.36. The first-order chi connectivity index (χ1) is 9.49. The molecular weight excluding hydrogens is 351 g/mol. The third kappa shape index (κ3) is 3.55. The lowest BCUT2D eigenvalue weighted by Gasteiger charge is -2.10. The van der Waals surface area contributed by atoms with E-state index in [1.807, 2.05) is 6.92 Å². The first-order valence-electron chi connectivity index (χ1n) is 5.76. The van der Waals surface area contributed by atoms with Crippen molar-refractivity contribution in [1.29, 1.82) is 0 Å². The number of rotatable bonds is 4. The number of nitrogens with one attached hydrogen (secondary N) is 1. The molecule has 0 fully saturated rings. The van der Waals surface area contributed by atoms with Gasteiger partial charge in [-0.15, -0.1) is 0 Å². The van der Waals surface area contributed by atoms with Crippen LogP contribution in [0.5, 0.6) is 6.01 Å². The molecule has 0 spiro atoms. The van der Waals surface area contributed by atoms with Gasteiger partial charge in [-0.25, -0.2) is 4.39 Å². The van der Waals surface area contributed by atoms with Crippen molar-refractivity contribution in [2.45, 2.75) is 13.8 Å². The van der Waals surface area contributed by atoms with Crippen LogP contribution in [-0.2, 0) is 0 Å². The van der Waals surface area contributed by atoms with Crippen LogP contribution in [0.1, 0.15) is 12.5 Å². The van der Waals surface area contributed by atoms with E-state index in [4.69, 9.17) is 16.3 Å². The number of aryl methyl sites for hydroxylation is 1. The highest BCUT2D eigenvalue weighted by Crippen LogP contribution is 2.26. The molecule has 1 aromatic carbocycles. The Bertz CT molecular complexity index is 641. The van der Waals surface area contributed by atoms with Gasteiger partial charge in [0.05, 0.1) is 11.1 Å². The maximum atomic E-state index is 13.4. The van der Waals surface area contributed by atoms with E-state index < -0.39 is 0 Å². The van der Waals surface area contributed by atoms with E-state index in [1.165, 1.54) is 6.07 Å². The van der Waals surface area contributed by atoms with Crippen LogP contribution in [0.2, 0.25) is 5.28 Å². The molecule has 8 heteroatoms. The van der Waals surface area contributed by atoms with Gasteiger partial charge < -0.3 is 10.1 Å². The minimum Gasteiger partial charge on any atom is -0.464 e. The largest absolute Gasteiger partial charge is 0.464 e. The molecule has 20 heavy (non-hydrogen) atoms. The number of aromatic nitrogens is 3. The number of nitrogens with zero attached hydrogens (tertiary/aromatic N) is 3. The Labute approximate surface area is 128 Å². The van der Waals surface area contributed by atoms with Crippen molar-refractivity contribution in [2.24, 2.45) is 0 Å². The number of halogens is 3. The first kappa shape index (κ1) is 14.9. The van der Waals surface area contributed by atoms with Crippen LogP contribution >= 0.6 is 27.5 Å². The SMILES string of the molecule is CCOc1nc(Cl)nc(Nc2cc(Br)c(F)cc2C)n1. The average Bonchev–Trinajstić information content (AvgIpc) is 2.35. The van der Waals surface area contributed by atoms with Crippen LogP contribution in [0.15, 0.2) is 16.6 Å². The Morgan fingerprint density at radius 1 is 1.35 bits per heavy atom. The number of anilines is 2. The van der Waals surface area contributed by atoms with Crippen molar-refractivity contribution in [3.63, 3.8) is 0 Å². The fourth-order valence-corrected chi connectivity index (χ4v) is 1.98. The summed E-state index contributed by atoms with van der Waals surface area (Å²) in [6, 6.07) is 3.13. The van der Waals surface area contributed by atoms with Gasteiger partial charge in [-0.05, 0) is 59.1 Å². The lowest BCUT2D eigenvalue weighted by Crippen LogP contribution is -2.04. The van der Waals surface area contributed by atoms with E-state index >= 15 is 0 Å². The standard InChI is InChI=1S/C12H11BrClFN4O/c1-3-20-12-18-10(14)17-11(19-12)16-9-5-7(13)8(15)4-6(9)2/h4-5H,3H2,1-2H3,(H,16,17,18,19). The molecule has 0 aliphatic heterocycles. The molecule has 1 heterocycles. The van der Waals surface area contributed by atoms with Crippen LogP contribution in [0.25, 0.3) is 0 Å². The van der Waals surface area contributed by atoms with Gasteiger partial charge in [-0.3, -0.25) is 0 Å². The lowest BCUT2D eigenvalue weighted by atomic mass is 10.2. The molecule has 0 saturated carbocycles. The van der Waals surface area contributed by atoms with Crippen LogP contribution in [0, 0.1) is 12.7 Å². The summed E-state index contributed by atoms with van der Waals surface area (Å²) in [5.74, 6) is -0.105. The smallest absolute Gasteiger partial charge is 0.322 e. The van der Waals surface area contributed by atoms with Crippen molar-refractivity contribution in [2.75, 3.05) is 11.9 Å². The minimum absolute atomic E-state index is 0.0183.